The Kier molecular flexibility index (Phi) is 4.34. The number of nitrogens with one attached hydrogen (secondary N) is 1. The first-order valence-corrected chi connectivity index (χ1v) is 9.34. The number of thiophene rings is 1. The van der Waals surface area contributed by atoms with Crippen LogP contribution < -0.4 is 4.72 Å². The van der Waals surface area contributed by atoms with E-state index in [-0.39, 0.29) is 11.4 Å². The number of nitrogens with zero attached hydrogens (tertiary/aromatic N) is 1. The highest BCUT2D eigenvalue weighted by Crippen LogP contribution is 2.28. The molecule has 0 saturated carbocycles. The fraction of sp³-hybridized carbons (Fsp3) is 0.188. The van der Waals surface area contributed by atoms with Crippen LogP contribution >= 0.6 is 11.3 Å². The molecule has 2 aromatic heterocycles. The fourth-order valence-electron chi connectivity index (χ4n) is 2.33. The lowest BCUT2D eigenvalue weighted by atomic mass is 10.2. The van der Waals surface area contributed by atoms with Gasteiger partial charge in [-0.2, -0.15) is 0 Å². The van der Waals surface area contributed by atoms with Crippen LogP contribution in [0.15, 0.2) is 51.9 Å². The van der Waals surface area contributed by atoms with E-state index in [2.05, 4.69) is 9.88 Å². The maximum absolute atomic E-state index is 12.4. The summed E-state index contributed by atoms with van der Waals surface area (Å²) >= 11 is 1.57. The van der Waals surface area contributed by atoms with Crippen molar-refractivity contribution in [3.05, 3.63) is 58.8 Å². The first-order valence-electron chi connectivity index (χ1n) is 7.04. The second kappa shape index (κ2) is 6.27. The van der Waals surface area contributed by atoms with Crippen molar-refractivity contribution in [3.63, 3.8) is 0 Å². The molecule has 0 aliphatic carbocycles. The maximum Gasteiger partial charge on any atom is 0.246 e. The van der Waals surface area contributed by atoms with E-state index < -0.39 is 10.0 Å². The first kappa shape index (κ1) is 15.9. The van der Waals surface area contributed by atoms with Crippen LogP contribution in [0, 0.1) is 13.8 Å². The van der Waals surface area contributed by atoms with E-state index >= 15 is 0 Å². The zero-order valence-corrected chi connectivity index (χ0v) is 14.4. The van der Waals surface area contributed by atoms with E-state index in [9.17, 15) is 8.42 Å². The van der Waals surface area contributed by atoms with E-state index in [0.29, 0.717) is 11.5 Å². The van der Waals surface area contributed by atoms with Gasteiger partial charge in [0.15, 0.2) is 5.76 Å². The van der Waals surface area contributed by atoms with Crippen molar-refractivity contribution >= 4 is 21.4 Å². The number of sulfonamides is 1. The summed E-state index contributed by atoms with van der Waals surface area (Å²) in [6.45, 7) is 3.45. The van der Waals surface area contributed by atoms with E-state index in [4.69, 9.17) is 4.52 Å². The maximum atomic E-state index is 12.4. The highest BCUT2D eigenvalue weighted by Gasteiger charge is 2.23. The third-order valence-electron chi connectivity index (χ3n) is 3.39. The topological polar surface area (TPSA) is 72.2 Å². The number of aromatic nitrogens is 1. The van der Waals surface area contributed by atoms with Crippen molar-refractivity contribution < 1.29 is 12.9 Å². The lowest BCUT2D eigenvalue weighted by Gasteiger charge is -2.04. The van der Waals surface area contributed by atoms with Crippen LogP contribution in [0.2, 0.25) is 0 Å². The van der Waals surface area contributed by atoms with Gasteiger partial charge in [0.2, 0.25) is 10.0 Å². The van der Waals surface area contributed by atoms with Crippen molar-refractivity contribution in [2.45, 2.75) is 25.3 Å². The third kappa shape index (κ3) is 3.36. The molecule has 1 N–H and O–H groups in total. The molecule has 3 aromatic rings. The Morgan fingerprint density at radius 3 is 2.52 bits per heavy atom. The Morgan fingerprint density at radius 1 is 1.13 bits per heavy atom. The van der Waals surface area contributed by atoms with Crippen LogP contribution in [0.1, 0.15) is 16.3 Å². The Morgan fingerprint density at radius 2 is 1.87 bits per heavy atom. The minimum Gasteiger partial charge on any atom is -0.360 e. The van der Waals surface area contributed by atoms with Gasteiger partial charge < -0.3 is 4.52 Å². The Hall–Kier alpha value is -1.96. The largest absolute Gasteiger partial charge is 0.360 e. The molecule has 23 heavy (non-hydrogen) atoms. The molecule has 0 spiro atoms. The Bertz CT molecular complexity index is 892. The Balaban J connectivity index is 1.75. The number of benzene rings is 1. The minimum absolute atomic E-state index is 0.123. The van der Waals surface area contributed by atoms with Gasteiger partial charge in [-0.1, -0.05) is 35.5 Å². The number of aryl methyl sites for hydroxylation is 2. The summed E-state index contributed by atoms with van der Waals surface area (Å²) in [6.07, 6.45) is 0. The predicted molar refractivity (Wildman–Crippen MR) is 89.8 cm³/mol. The lowest BCUT2D eigenvalue weighted by molar-refractivity contribution is 0.390. The second-order valence-corrected chi connectivity index (χ2v) is 7.98. The zero-order valence-electron chi connectivity index (χ0n) is 12.7. The van der Waals surface area contributed by atoms with E-state index in [1.807, 2.05) is 42.5 Å². The number of hydrogen-bond donors (Lipinski definition) is 1. The van der Waals surface area contributed by atoms with Crippen LogP contribution in [0.4, 0.5) is 0 Å². The van der Waals surface area contributed by atoms with Gasteiger partial charge in [-0.05, 0) is 31.5 Å². The molecule has 0 unspecified atom stereocenters. The minimum atomic E-state index is -3.63. The van der Waals surface area contributed by atoms with Gasteiger partial charge in [-0.3, -0.25) is 0 Å². The monoisotopic (exact) mass is 348 g/mol. The average Bonchev–Trinajstić information content (AvgIpc) is 3.13. The smallest absolute Gasteiger partial charge is 0.246 e. The molecule has 0 bridgehead atoms. The highest BCUT2D eigenvalue weighted by atomic mass is 32.2. The molecule has 2 heterocycles. The van der Waals surface area contributed by atoms with Gasteiger partial charge in [-0.25, -0.2) is 13.1 Å². The van der Waals surface area contributed by atoms with E-state index in [1.165, 1.54) is 0 Å². The number of hydrogen-bond acceptors (Lipinski definition) is 5. The molecular weight excluding hydrogens is 332 g/mol. The average molecular weight is 348 g/mol. The van der Waals surface area contributed by atoms with Crippen LogP contribution in [0.3, 0.4) is 0 Å². The fourth-order valence-corrected chi connectivity index (χ4v) is 4.70. The highest BCUT2D eigenvalue weighted by molar-refractivity contribution is 7.89. The zero-order chi connectivity index (χ0) is 16.4. The molecule has 7 heteroatoms. The van der Waals surface area contributed by atoms with Crippen LogP contribution in [0.25, 0.3) is 10.4 Å². The Labute approximate surface area is 139 Å². The molecule has 0 fully saturated rings. The van der Waals surface area contributed by atoms with Crippen molar-refractivity contribution in [3.8, 4) is 10.4 Å². The molecule has 120 valence electrons. The summed E-state index contributed by atoms with van der Waals surface area (Å²) in [4.78, 5) is 2.17. The lowest BCUT2D eigenvalue weighted by Crippen LogP contribution is -2.23. The van der Waals surface area contributed by atoms with Crippen molar-refractivity contribution in [2.24, 2.45) is 0 Å². The summed E-state index contributed by atoms with van der Waals surface area (Å²) in [6, 6.07) is 13.9. The van der Waals surface area contributed by atoms with Gasteiger partial charge >= 0.3 is 0 Å². The summed E-state index contributed by atoms with van der Waals surface area (Å²) < 4.78 is 32.3. The molecule has 0 atom stereocenters. The molecule has 0 saturated heterocycles. The molecule has 0 aliphatic rings. The number of rotatable bonds is 5. The summed E-state index contributed by atoms with van der Waals surface area (Å²) in [5, 5.41) is 3.69. The molecule has 0 amide bonds. The molecule has 0 aliphatic heterocycles. The first-order chi connectivity index (χ1) is 11.0. The summed E-state index contributed by atoms with van der Waals surface area (Å²) in [5.41, 5.74) is 1.49. The molecule has 1 aromatic carbocycles. The third-order valence-corrected chi connectivity index (χ3v) is 6.17. The van der Waals surface area contributed by atoms with Gasteiger partial charge in [0.05, 0.1) is 0 Å². The van der Waals surface area contributed by atoms with Gasteiger partial charge in [0.25, 0.3) is 0 Å². The van der Waals surface area contributed by atoms with Crippen LogP contribution in [-0.4, -0.2) is 13.6 Å². The van der Waals surface area contributed by atoms with Gasteiger partial charge in [-0.15, -0.1) is 11.3 Å². The molecule has 5 nitrogen and oxygen atoms in total. The van der Waals surface area contributed by atoms with Crippen LogP contribution in [0.5, 0.6) is 0 Å². The van der Waals surface area contributed by atoms with Crippen molar-refractivity contribution in [1.82, 2.24) is 9.88 Å². The normalized spacial score (nSPS) is 11.7. The summed E-state index contributed by atoms with van der Waals surface area (Å²) in [7, 11) is -3.63. The quantitative estimate of drug-likeness (QED) is 0.766. The van der Waals surface area contributed by atoms with E-state index in [1.54, 1.807) is 25.2 Å². The van der Waals surface area contributed by atoms with E-state index in [0.717, 1.165) is 15.3 Å². The second-order valence-electron chi connectivity index (χ2n) is 5.11. The SMILES string of the molecule is Cc1noc(C)c1S(=O)(=O)NCc1ccc(-c2ccccc2)s1. The van der Waals surface area contributed by atoms with Crippen LogP contribution in [-0.2, 0) is 16.6 Å². The van der Waals surface area contributed by atoms with Gasteiger partial charge in [0, 0.05) is 16.3 Å². The molecule has 3 rings (SSSR count). The van der Waals surface area contributed by atoms with Gasteiger partial charge in [0.1, 0.15) is 10.6 Å². The molecular formula is C16H16N2O3S2. The predicted octanol–water partition coefficient (Wildman–Crippen LogP) is 3.50. The molecule has 0 radical (unpaired) electrons. The standard InChI is InChI=1S/C16H16N2O3S2/c1-11-16(12(2)21-18-11)23(19,20)17-10-14-8-9-15(22-14)13-6-4-3-5-7-13/h3-9,17H,10H2,1-2H3. The van der Waals surface area contributed by atoms with Crippen molar-refractivity contribution in [1.29, 1.82) is 0 Å². The summed E-state index contributed by atoms with van der Waals surface area (Å²) in [5.74, 6) is 0.297. The van der Waals surface area contributed by atoms with Crippen molar-refractivity contribution in [2.75, 3.05) is 0 Å².